The van der Waals surface area contributed by atoms with E-state index in [0.29, 0.717) is 31.1 Å². The van der Waals surface area contributed by atoms with Gasteiger partial charge >= 0.3 is 5.97 Å². The van der Waals surface area contributed by atoms with E-state index >= 15 is 0 Å². The summed E-state index contributed by atoms with van der Waals surface area (Å²) < 4.78 is 10.2. The summed E-state index contributed by atoms with van der Waals surface area (Å²) in [7, 11) is 1.81. The first-order valence-electron chi connectivity index (χ1n) is 6.98. The molecule has 0 aromatic heterocycles. The van der Waals surface area contributed by atoms with Crippen LogP contribution >= 0.6 is 0 Å². The number of likely N-dealkylation sites (N-methyl/N-ethyl adjacent to an activating group) is 1. The second kappa shape index (κ2) is 7.19. The van der Waals surface area contributed by atoms with Gasteiger partial charge in [-0.1, -0.05) is 0 Å². The van der Waals surface area contributed by atoms with Crippen LogP contribution in [-0.4, -0.2) is 44.8 Å². The molecule has 6 heteroatoms. The molecule has 0 saturated carbocycles. The van der Waals surface area contributed by atoms with E-state index in [2.05, 4.69) is 10.6 Å². The van der Waals surface area contributed by atoms with Crippen LogP contribution in [0.15, 0.2) is 24.3 Å². The lowest BCUT2D eigenvalue weighted by Gasteiger charge is -2.16. The molecule has 114 valence electrons. The minimum atomic E-state index is -0.366. The Kier molecular flexibility index (Phi) is 5.30. The van der Waals surface area contributed by atoms with Crippen molar-refractivity contribution in [3.05, 3.63) is 29.8 Å². The van der Waals surface area contributed by atoms with Gasteiger partial charge in [0.15, 0.2) is 0 Å². The van der Waals surface area contributed by atoms with Crippen molar-refractivity contribution < 1.29 is 19.1 Å². The van der Waals surface area contributed by atoms with Gasteiger partial charge in [0.2, 0.25) is 5.91 Å². The molecule has 0 bridgehead atoms. The molecule has 1 fully saturated rings. The number of nitrogens with one attached hydrogen (secondary N) is 2. The summed E-state index contributed by atoms with van der Waals surface area (Å²) in [5.74, 6) is -0.662. The Hall–Kier alpha value is -1.92. The van der Waals surface area contributed by atoms with Crippen molar-refractivity contribution in [3.8, 4) is 0 Å². The smallest absolute Gasteiger partial charge is 0.338 e. The first kappa shape index (κ1) is 15.5. The zero-order chi connectivity index (χ0) is 15.2. The van der Waals surface area contributed by atoms with Crippen molar-refractivity contribution in [1.29, 1.82) is 0 Å². The van der Waals surface area contributed by atoms with Crippen molar-refractivity contribution in [2.75, 3.05) is 32.2 Å². The second-order valence-electron chi connectivity index (χ2n) is 4.83. The number of esters is 1. The van der Waals surface area contributed by atoms with Gasteiger partial charge in [-0.2, -0.15) is 0 Å². The van der Waals surface area contributed by atoms with Crippen molar-refractivity contribution in [2.24, 2.45) is 5.92 Å². The Morgan fingerprint density at radius 2 is 2.00 bits per heavy atom. The highest BCUT2D eigenvalue weighted by molar-refractivity contribution is 5.94. The molecule has 0 aliphatic carbocycles. The number of anilines is 1. The van der Waals surface area contributed by atoms with Crippen LogP contribution < -0.4 is 10.6 Å². The van der Waals surface area contributed by atoms with Crippen LogP contribution in [0.4, 0.5) is 5.69 Å². The lowest BCUT2D eigenvalue weighted by Crippen LogP contribution is -2.39. The molecule has 1 aliphatic rings. The molecule has 1 aromatic carbocycles. The summed E-state index contributed by atoms with van der Waals surface area (Å²) in [5, 5.41) is 5.91. The number of rotatable bonds is 5. The highest BCUT2D eigenvalue weighted by Gasteiger charge is 2.32. The molecule has 1 aromatic rings. The lowest BCUT2D eigenvalue weighted by molar-refractivity contribution is -0.120. The lowest BCUT2D eigenvalue weighted by atomic mass is 10.0. The van der Waals surface area contributed by atoms with Crippen molar-refractivity contribution in [2.45, 2.75) is 13.0 Å². The van der Waals surface area contributed by atoms with Gasteiger partial charge in [0, 0.05) is 11.7 Å². The van der Waals surface area contributed by atoms with E-state index < -0.39 is 0 Å². The van der Waals surface area contributed by atoms with Crippen LogP contribution in [-0.2, 0) is 14.3 Å². The highest BCUT2D eigenvalue weighted by Crippen LogP contribution is 2.17. The van der Waals surface area contributed by atoms with E-state index in [1.807, 2.05) is 7.05 Å². The van der Waals surface area contributed by atoms with Crippen LogP contribution in [0.25, 0.3) is 0 Å². The zero-order valence-corrected chi connectivity index (χ0v) is 12.2. The first-order valence-corrected chi connectivity index (χ1v) is 6.98. The van der Waals surface area contributed by atoms with Crippen molar-refractivity contribution in [3.63, 3.8) is 0 Å². The van der Waals surface area contributed by atoms with Crippen molar-refractivity contribution in [1.82, 2.24) is 5.32 Å². The fraction of sp³-hybridized carbons (Fsp3) is 0.467. The highest BCUT2D eigenvalue weighted by atomic mass is 16.5. The molecule has 2 atom stereocenters. The van der Waals surface area contributed by atoms with Crippen LogP contribution in [0, 0.1) is 5.92 Å². The molecule has 21 heavy (non-hydrogen) atoms. The third-order valence-corrected chi connectivity index (χ3v) is 3.45. The zero-order valence-electron chi connectivity index (χ0n) is 12.2. The predicted molar refractivity (Wildman–Crippen MR) is 78.2 cm³/mol. The Balaban J connectivity index is 1.97. The van der Waals surface area contributed by atoms with Gasteiger partial charge in [-0.3, -0.25) is 4.79 Å². The Morgan fingerprint density at radius 1 is 1.29 bits per heavy atom. The number of ether oxygens (including phenoxy) is 2. The van der Waals surface area contributed by atoms with Gasteiger partial charge in [-0.05, 0) is 38.2 Å². The number of amides is 1. The van der Waals surface area contributed by atoms with Gasteiger partial charge in [0.05, 0.1) is 31.3 Å². The molecule has 2 N–H and O–H groups in total. The predicted octanol–water partition coefficient (Wildman–Crippen LogP) is 1.04. The second-order valence-corrected chi connectivity index (χ2v) is 4.83. The van der Waals surface area contributed by atoms with Crippen molar-refractivity contribution >= 4 is 17.6 Å². The van der Waals surface area contributed by atoms with Gasteiger partial charge in [-0.15, -0.1) is 0 Å². The van der Waals surface area contributed by atoms with Crippen LogP contribution in [0.2, 0.25) is 0 Å². The topological polar surface area (TPSA) is 76.7 Å². The first-order chi connectivity index (χ1) is 10.2. The maximum absolute atomic E-state index is 12.2. The monoisotopic (exact) mass is 292 g/mol. The molecular weight excluding hydrogens is 272 g/mol. The molecule has 0 spiro atoms. The summed E-state index contributed by atoms with van der Waals surface area (Å²) in [5.41, 5.74) is 1.11. The summed E-state index contributed by atoms with van der Waals surface area (Å²) in [6.07, 6.45) is 0. The molecule has 1 aliphatic heterocycles. The Bertz CT molecular complexity index is 501. The number of hydrogen-bond donors (Lipinski definition) is 2. The third-order valence-electron chi connectivity index (χ3n) is 3.45. The molecule has 0 radical (unpaired) electrons. The summed E-state index contributed by atoms with van der Waals surface area (Å²) >= 11 is 0. The van der Waals surface area contributed by atoms with Gasteiger partial charge < -0.3 is 20.1 Å². The van der Waals surface area contributed by atoms with E-state index in [9.17, 15) is 9.59 Å². The van der Waals surface area contributed by atoms with E-state index in [1.165, 1.54) is 0 Å². The molecule has 2 rings (SSSR count). The van der Waals surface area contributed by atoms with E-state index in [1.54, 1.807) is 31.2 Å². The number of carbonyl (C=O) groups excluding carboxylic acids is 2. The van der Waals surface area contributed by atoms with E-state index in [0.717, 1.165) is 0 Å². The SMILES string of the molecule is CCOC(=O)c1ccc(NC(=O)C2COCC2NC)cc1. The normalized spacial score (nSPS) is 21.0. The third kappa shape index (κ3) is 3.80. The average molecular weight is 292 g/mol. The maximum atomic E-state index is 12.2. The van der Waals surface area contributed by atoms with E-state index in [-0.39, 0.29) is 23.8 Å². The minimum absolute atomic E-state index is 0.0313. The average Bonchev–Trinajstić information content (AvgIpc) is 2.97. The summed E-state index contributed by atoms with van der Waals surface area (Å²) in [6, 6.07) is 6.68. The summed E-state index contributed by atoms with van der Waals surface area (Å²) in [6.45, 7) is 3.05. The molecule has 1 heterocycles. The Labute approximate surface area is 123 Å². The Morgan fingerprint density at radius 3 is 2.62 bits per heavy atom. The number of benzene rings is 1. The quantitative estimate of drug-likeness (QED) is 0.793. The number of hydrogen-bond acceptors (Lipinski definition) is 5. The molecular formula is C15H20N2O4. The van der Waals surface area contributed by atoms with E-state index in [4.69, 9.17) is 9.47 Å². The summed E-state index contributed by atoms with van der Waals surface area (Å²) in [4.78, 5) is 23.7. The number of carbonyl (C=O) groups is 2. The standard InChI is InChI=1S/C15H20N2O4/c1-3-21-15(19)10-4-6-11(7-5-10)17-14(18)12-8-20-9-13(12)16-2/h4-7,12-13,16H,3,8-9H2,1-2H3,(H,17,18). The van der Waals surface area contributed by atoms with Gasteiger partial charge in [0.1, 0.15) is 0 Å². The maximum Gasteiger partial charge on any atom is 0.338 e. The molecule has 1 amide bonds. The largest absolute Gasteiger partial charge is 0.462 e. The fourth-order valence-corrected chi connectivity index (χ4v) is 2.24. The molecule has 6 nitrogen and oxygen atoms in total. The van der Waals surface area contributed by atoms with Gasteiger partial charge in [-0.25, -0.2) is 4.79 Å². The van der Waals surface area contributed by atoms with Gasteiger partial charge in [0.25, 0.3) is 0 Å². The van der Waals surface area contributed by atoms with Crippen LogP contribution in [0.3, 0.4) is 0 Å². The molecule has 2 unspecified atom stereocenters. The van der Waals surface area contributed by atoms with Crippen LogP contribution in [0.1, 0.15) is 17.3 Å². The minimum Gasteiger partial charge on any atom is -0.462 e. The van der Waals surface area contributed by atoms with Crippen LogP contribution in [0.5, 0.6) is 0 Å². The fourth-order valence-electron chi connectivity index (χ4n) is 2.24. The molecule has 1 saturated heterocycles.